The van der Waals surface area contributed by atoms with E-state index < -0.39 is 0 Å². The van der Waals surface area contributed by atoms with Gasteiger partial charge in [-0.25, -0.2) is 0 Å². The molecular weight excluding hydrogens is 226 g/mol. The Balaban J connectivity index is 2.18. The Morgan fingerprint density at radius 3 is 2.61 bits per heavy atom. The van der Waals surface area contributed by atoms with Gasteiger partial charge in [0.1, 0.15) is 0 Å². The number of carbonyl (C=O) groups excluding carboxylic acids is 1. The SMILES string of the molecule is CCN[C@H](C)CNC(=O)CC(C)C1CCNCC1. The van der Waals surface area contributed by atoms with Crippen LogP contribution in [0.25, 0.3) is 0 Å². The fraction of sp³-hybridized carbons (Fsp3) is 0.929. The first kappa shape index (κ1) is 15.4. The van der Waals surface area contributed by atoms with Crippen molar-refractivity contribution in [1.82, 2.24) is 16.0 Å². The molecule has 3 N–H and O–H groups in total. The van der Waals surface area contributed by atoms with Gasteiger partial charge in [0.15, 0.2) is 0 Å². The minimum absolute atomic E-state index is 0.200. The second-order valence-electron chi connectivity index (χ2n) is 5.53. The lowest BCUT2D eigenvalue weighted by atomic mass is 9.84. The number of piperidine rings is 1. The van der Waals surface area contributed by atoms with Crippen molar-refractivity contribution in [2.24, 2.45) is 11.8 Å². The molecule has 0 spiro atoms. The van der Waals surface area contributed by atoms with E-state index in [2.05, 4.69) is 36.7 Å². The van der Waals surface area contributed by atoms with Gasteiger partial charge in [0.05, 0.1) is 0 Å². The fourth-order valence-corrected chi connectivity index (χ4v) is 2.63. The maximum atomic E-state index is 11.9. The third-order valence-corrected chi connectivity index (χ3v) is 3.85. The lowest BCUT2D eigenvalue weighted by Crippen LogP contribution is -2.40. The maximum Gasteiger partial charge on any atom is 0.220 e. The summed E-state index contributed by atoms with van der Waals surface area (Å²) in [5.41, 5.74) is 0. The van der Waals surface area contributed by atoms with Crippen molar-refractivity contribution in [3.8, 4) is 0 Å². The van der Waals surface area contributed by atoms with Gasteiger partial charge in [-0.2, -0.15) is 0 Å². The first-order chi connectivity index (χ1) is 8.63. The first-order valence-corrected chi connectivity index (χ1v) is 7.34. The van der Waals surface area contributed by atoms with E-state index in [1.54, 1.807) is 0 Å². The Morgan fingerprint density at radius 2 is 2.00 bits per heavy atom. The average Bonchev–Trinajstić information content (AvgIpc) is 2.38. The standard InChI is InChI=1S/C14H29N3O/c1-4-16-12(3)10-17-14(18)9-11(2)13-5-7-15-8-6-13/h11-13,15-16H,4-10H2,1-3H3,(H,17,18)/t11?,12-/m1/s1. The molecule has 4 heteroatoms. The second-order valence-corrected chi connectivity index (χ2v) is 5.53. The highest BCUT2D eigenvalue weighted by molar-refractivity contribution is 5.76. The Kier molecular flexibility index (Phi) is 7.28. The third kappa shape index (κ3) is 5.83. The molecule has 0 aromatic rings. The monoisotopic (exact) mass is 255 g/mol. The number of rotatable bonds is 7. The number of likely N-dealkylation sites (N-methyl/N-ethyl adjacent to an activating group) is 1. The van der Waals surface area contributed by atoms with Crippen LogP contribution < -0.4 is 16.0 Å². The third-order valence-electron chi connectivity index (χ3n) is 3.85. The minimum Gasteiger partial charge on any atom is -0.355 e. The number of hydrogen-bond donors (Lipinski definition) is 3. The van der Waals surface area contributed by atoms with Crippen LogP contribution in [0.2, 0.25) is 0 Å². The lowest BCUT2D eigenvalue weighted by molar-refractivity contribution is -0.122. The van der Waals surface area contributed by atoms with Crippen LogP contribution in [-0.2, 0) is 4.79 Å². The van der Waals surface area contributed by atoms with E-state index in [1.165, 1.54) is 12.8 Å². The predicted octanol–water partition coefficient (Wildman–Crippen LogP) is 1.13. The smallest absolute Gasteiger partial charge is 0.220 e. The van der Waals surface area contributed by atoms with Crippen LogP contribution in [0.15, 0.2) is 0 Å². The van der Waals surface area contributed by atoms with E-state index in [4.69, 9.17) is 0 Å². The Labute approximate surface area is 111 Å². The number of nitrogens with one attached hydrogen (secondary N) is 3. The van der Waals surface area contributed by atoms with Crippen LogP contribution in [0.3, 0.4) is 0 Å². The molecule has 1 heterocycles. The summed E-state index contributed by atoms with van der Waals surface area (Å²) in [6.45, 7) is 10.3. The van der Waals surface area contributed by atoms with Crippen LogP contribution >= 0.6 is 0 Å². The Hall–Kier alpha value is -0.610. The highest BCUT2D eigenvalue weighted by Gasteiger charge is 2.21. The van der Waals surface area contributed by atoms with Crippen molar-refractivity contribution in [3.63, 3.8) is 0 Å². The van der Waals surface area contributed by atoms with Crippen molar-refractivity contribution in [1.29, 1.82) is 0 Å². The molecule has 1 rings (SSSR count). The van der Waals surface area contributed by atoms with Crippen molar-refractivity contribution >= 4 is 5.91 Å². The van der Waals surface area contributed by atoms with Crippen molar-refractivity contribution in [2.75, 3.05) is 26.2 Å². The van der Waals surface area contributed by atoms with E-state index in [0.717, 1.165) is 26.2 Å². The molecule has 0 radical (unpaired) electrons. The van der Waals surface area contributed by atoms with Crippen LogP contribution in [0.5, 0.6) is 0 Å². The Morgan fingerprint density at radius 1 is 1.33 bits per heavy atom. The topological polar surface area (TPSA) is 53.2 Å². The zero-order valence-corrected chi connectivity index (χ0v) is 12.1. The molecular formula is C14H29N3O. The summed E-state index contributed by atoms with van der Waals surface area (Å²) < 4.78 is 0. The molecule has 1 amide bonds. The van der Waals surface area contributed by atoms with Gasteiger partial charge in [0.2, 0.25) is 5.91 Å². The zero-order valence-electron chi connectivity index (χ0n) is 12.1. The quantitative estimate of drug-likeness (QED) is 0.639. The molecule has 1 aliphatic rings. The van der Waals surface area contributed by atoms with Gasteiger partial charge in [0, 0.05) is 19.0 Å². The molecule has 2 atom stereocenters. The molecule has 106 valence electrons. The molecule has 1 saturated heterocycles. The molecule has 1 aliphatic heterocycles. The summed E-state index contributed by atoms with van der Waals surface area (Å²) in [5, 5.41) is 9.68. The largest absolute Gasteiger partial charge is 0.355 e. The van der Waals surface area contributed by atoms with E-state index in [-0.39, 0.29) is 5.91 Å². The lowest BCUT2D eigenvalue weighted by Gasteiger charge is -2.28. The van der Waals surface area contributed by atoms with Crippen LogP contribution in [0.4, 0.5) is 0 Å². The fourth-order valence-electron chi connectivity index (χ4n) is 2.63. The number of hydrogen-bond acceptors (Lipinski definition) is 3. The van der Waals surface area contributed by atoms with Gasteiger partial charge in [-0.05, 0) is 51.2 Å². The summed E-state index contributed by atoms with van der Waals surface area (Å²) in [5.74, 6) is 1.41. The van der Waals surface area contributed by atoms with Gasteiger partial charge >= 0.3 is 0 Å². The second kappa shape index (κ2) is 8.48. The molecule has 1 unspecified atom stereocenters. The van der Waals surface area contributed by atoms with Gasteiger partial charge in [-0.3, -0.25) is 4.79 Å². The highest BCUT2D eigenvalue weighted by atomic mass is 16.1. The van der Waals surface area contributed by atoms with Crippen LogP contribution in [0.1, 0.15) is 40.0 Å². The number of amides is 1. The summed E-state index contributed by atoms with van der Waals surface area (Å²) >= 11 is 0. The van der Waals surface area contributed by atoms with E-state index >= 15 is 0 Å². The highest BCUT2D eigenvalue weighted by Crippen LogP contribution is 2.23. The maximum absolute atomic E-state index is 11.9. The molecule has 1 fully saturated rings. The summed E-state index contributed by atoms with van der Waals surface area (Å²) in [6, 6.07) is 0.355. The minimum atomic E-state index is 0.200. The van der Waals surface area contributed by atoms with Crippen molar-refractivity contribution in [3.05, 3.63) is 0 Å². The molecule has 0 bridgehead atoms. The zero-order chi connectivity index (χ0) is 13.4. The molecule has 0 aromatic heterocycles. The van der Waals surface area contributed by atoms with E-state index in [9.17, 15) is 4.79 Å². The van der Waals surface area contributed by atoms with E-state index in [0.29, 0.717) is 24.3 Å². The predicted molar refractivity (Wildman–Crippen MR) is 75.5 cm³/mol. The Bertz CT molecular complexity index is 239. The van der Waals surface area contributed by atoms with E-state index in [1.807, 2.05) is 0 Å². The van der Waals surface area contributed by atoms with Gasteiger partial charge in [-0.1, -0.05) is 13.8 Å². The molecule has 0 saturated carbocycles. The van der Waals surface area contributed by atoms with Crippen molar-refractivity contribution in [2.45, 2.75) is 46.1 Å². The first-order valence-electron chi connectivity index (χ1n) is 7.34. The summed E-state index contributed by atoms with van der Waals surface area (Å²) in [6.07, 6.45) is 3.09. The molecule has 18 heavy (non-hydrogen) atoms. The molecule has 0 aliphatic carbocycles. The van der Waals surface area contributed by atoms with Gasteiger partial charge in [0.25, 0.3) is 0 Å². The normalized spacial score (nSPS) is 20.4. The summed E-state index contributed by atoms with van der Waals surface area (Å²) in [4.78, 5) is 11.9. The molecule has 0 aromatic carbocycles. The van der Waals surface area contributed by atoms with Crippen LogP contribution in [0, 0.1) is 11.8 Å². The van der Waals surface area contributed by atoms with Crippen molar-refractivity contribution < 1.29 is 4.79 Å². The summed E-state index contributed by atoms with van der Waals surface area (Å²) in [7, 11) is 0. The number of carbonyl (C=O) groups is 1. The van der Waals surface area contributed by atoms with Gasteiger partial charge < -0.3 is 16.0 Å². The molecule has 4 nitrogen and oxygen atoms in total. The van der Waals surface area contributed by atoms with Crippen LogP contribution in [-0.4, -0.2) is 38.1 Å². The van der Waals surface area contributed by atoms with Gasteiger partial charge in [-0.15, -0.1) is 0 Å². The average molecular weight is 255 g/mol.